The van der Waals surface area contributed by atoms with Gasteiger partial charge in [0.2, 0.25) is 5.88 Å². The average molecular weight is 268 g/mol. The van der Waals surface area contributed by atoms with Crippen LogP contribution < -0.4 is 10.1 Å². The Morgan fingerprint density at radius 2 is 2.15 bits per heavy atom. The van der Waals surface area contributed by atoms with Gasteiger partial charge in [0, 0.05) is 23.3 Å². The van der Waals surface area contributed by atoms with Gasteiger partial charge in [-0.2, -0.15) is 5.10 Å². The molecular formula is C14H12N4O2. The number of carbonyl (C=O) groups is 1. The largest absolute Gasteiger partial charge is 0.481 e. The first-order valence-corrected chi connectivity index (χ1v) is 6.01. The van der Waals surface area contributed by atoms with E-state index < -0.39 is 0 Å². The maximum Gasteiger partial charge on any atom is 0.257 e. The number of hydrogen-bond acceptors (Lipinski definition) is 4. The van der Waals surface area contributed by atoms with E-state index in [2.05, 4.69) is 20.5 Å². The molecule has 0 saturated carbocycles. The fraction of sp³-hybridized carbons (Fsp3) is 0.0714. The van der Waals surface area contributed by atoms with Gasteiger partial charge in [0.25, 0.3) is 5.91 Å². The van der Waals surface area contributed by atoms with E-state index in [0.29, 0.717) is 17.1 Å². The summed E-state index contributed by atoms with van der Waals surface area (Å²) in [7, 11) is 1.53. The van der Waals surface area contributed by atoms with Crippen LogP contribution in [0, 0.1) is 0 Å². The van der Waals surface area contributed by atoms with Crippen molar-refractivity contribution in [2.75, 3.05) is 12.4 Å². The number of benzene rings is 1. The van der Waals surface area contributed by atoms with Crippen LogP contribution in [0.1, 0.15) is 10.4 Å². The van der Waals surface area contributed by atoms with Crippen molar-refractivity contribution in [2.45, 2.75) is 0 Å². The highest BCUT2D eigenvalue weighted by atomic mass is 16.5. The number of pyridine rings is 1. The lowest BCUT2D eigenvalue weighted by Crippen LogP contribution is -2.12. The van der Waals surface area contributed by atoms with E-state index in [1.54, 1.807) is 18.3 Å². The van der Waals surface area contributed by atoms with E-state index >= 15 is 0 Å². The van der Waals surface area contributed by atoms with Gasteiger partial charge in [0.05, 0.1) is 24.4 Å². The molecule has 2 heterocycles. The Bertz CT molecular complexity index is 749. The summed E-state index contributed by atoms with van der Waals surface area (Å²) in [5, 5.41) is 10.6. The van der Waals surface area contributed by atoms with Crippen molar-refractivity contribution in [3.63, 3.8) is 0 Å². The van der Waals surface area contributed by atoms with E-state index in [-0.39, 0.29) is 5.91 Å². The number of H-pyrrole nitrogens is 1. The van der Waals surface area contributed by atoms with Crippen LogP contribution >= 0.6 is 0 Å². The Morgan fingerprint density at radius 3 is 2.90 bits per heavy atom. The summed E-state index contributed by atoms with van der Waals surface area (Å²) >= 11 is 0. The molecule has 2 aromatic heterocycles. The smallest absolute Gasteiger partial charge is 0.257 e. The third kappa shape index (κ3) is 2.31. The Morgan fingerprint density at radius 1 is 1.25 bits per heavy atom. The van der Waals surface area contributed by atoms with Crippen molar-refractivity contribution in [1.29, 1.82) is 0 Å². The van der Waals surface area contributed by atoms with Gasteiger partial charge in [-0.25, -0.2) is 4.98 Å². The van der Waals surface area contributed by atoms with Gasteiger partial charge in [-0.15, -0.1) is 0 Å². The minimum atomic E-state index is -0.223. The molecule has 0 unspecified atom stereocenters. The molecule has 0 aliphatic rings. The van der Waals surface area contributed by atoms with Gasteiger partial charge in [-0.3, -0.25) is 9.89 Å². The summed E-state index contributed by atoms with van der Waals surface area (Å²) in [5.41, 5.74) is 2.04. The zero-order valence-corrected chi connectivity index (χ0v) is 10.8. The number of carbonyl (C=O) groups excluding carboxylic acids is 1. The van der Waals surface area contributed by atoms with Gasteiger partial charge in [-0.1, -0.05) is 0 Å². The lowest BCUT2D eigenvalue weighted by Gasteiger charge is -2.05. The van der Waals surface area contributed by atoms with Crippen LogP contribution in [0.15, 0.2) is 42.7 Å². The van der Waals surface area contributed by atoms with E-state index in [1.165, 1.54) is 13.3 Å². The first kappa shape index (κ1) is 12.2. The number of fused-ring (bicyclic) bond motifs is 1. The second-order valence-electron chi connectivity index (χ2n) is 4.22. The highest BCUT2D eigenvalue weighted by Crippen LogP contribution is 2.17. The number of nitrogens with zero attached hydrogens (tertiary/aromatic N) is 2. The predicted molar refractivity (Wildman–Crippen MR) is 74.8 cm³/mol. The molecule has 1 amide bonds. The molecule has 100 valence electrons. The van der Waals surface area contributed by atoms with Crippen molar-refractivity contribution < 1.29 is 9.53 Å². The van der Waals surface area contributed by atoms with Crippen LogP contribution in [0.3, 0.4) is 0 Å². The normalized spacial score (nSPS) is 10.4. The van der Waals surface area contributed by atoms with E-state index in [4.69, 9.17) is 4.74 Å². The van der Waals surface area contributed by atoms with Gasteiger partial charge in [0.1, 0.15) is 0 Å². The molecular weight excluding hydrogens is 256 g/mol. The highest BCUT2D eigenvalue weighted by molar-refractivity contribution is 6.04. The van der Waals surface area contributed by atoms with Crippen LogP contribution in [0.5, 0.6) is 5.88 Å². The molecule has 6 heteroatoms. The first-order chi connectivity index (χ1) is 9.76. The second-order valence-corrected chi connectivity index (χ2v) is 4.22. The number of amides is 1. The van der Waals surface area contributed by atoms with Crippen molar-refractivity contribution in [3.05, 3.63) is 48.3 Å². The Hall–Kier alpha value is -2.89. The summed E-state index contributed by atoms with van der Waals surface area (Å²) in [4.78, 5) is 16.1. The number of aromatic amines is 1. The number of hydrogen-bond donors (Lipinski definition) is 2. The molecule has 3 aromatic rings. The summed E-state index contributed by atoms with van der Waals surface area (Å²) in [5.74, 6) is 0.249. The second kappa shape index (κ2) is 5.00. The maximum absolute atomic E-state index is 12.1. The van der Waals surface area contributed by atoms with E-state index in [1.807, 2.05) is 18.2 Å². The third-order valence-corrected chi connectivity index (χ3v) is 2.91. The minimum absolute atomic E-state index is 0.223. The molecule has 1 aromatic carbocycles. The van der Waals surface area contributed by atoms with Crippen LogP contribution in [0.2, 0.25) is 0 Å². The summed E-state index contributed by atoms with van der Waals surface area (Å²) < 4.78 is 4.95. The lowest BCUT2D eigenvalue weighted by atomic mass is 10.2. The molecule has 0 atom stereocenters. The fourth-order valence-corrected chi connectivity index (χ4v) is 1.85. The average Bonchev–Trinajstić information content (AvgIpc) is 2.95. The van der Waals surface area contributed by atoms with Crippen LogP contribution in [-0.2, 0) is 0 Å². The van der Waals surface area contributed by atoms with Gasteiger partial charge >= 0.3 is 0 Å². The number of ether oxygens (including phenoxy) is 1. The van der Waals surface area contributed by atoms with Crippen LogP contribution in [0.25, 0.3) is 10.9 Å². The van der Waals surface area contributed by atoms with Crippen LogP contribution in [0.4, 0.5) is 5.69 Å². The fourth-order valence-electron chi connectivity index (χ4n) is 1.85. The van der Waals surface area contributed by atoms with Crippen molar-refractivity contribution in [1.82, 2.24) is 15.2 Å². The Labute approximate surface area is 114 Å². The Balaban J connectivity index is 1.80. The number of anilines is 1. The summed E-state index contributed by atoms with van der Waals surface area (Å²) in [6.45, 7) is 0. The molecule has 0 aliphatic heterocycles. The number of aromatic nitrogens is 3. The SMILES string of the molecule is COc1ccc(C(=O)Nc2ccc3cn[nH]c3c2)cn1. The predicted octanol–water partition coefficient (Wildman–Crippen LogP) is 2.22. The molecule has 0 fully saturated rings. The van der Waals surface area contributed by atoms with Crippen molar-refractivity contribution >= 4 is 22.5 Å². The molecule has 3 rings (SSSR count). The molecule has 0 aliphatic carbocycles. The monoisotopic (exact) mass is 268 g/mol. The zero-order valence-electron chi connectivity index (χ0n) is 10.8. The lowest BCUT2D eigenvalue weighted by molar-refractivity contribution is 0.102. The molecule has 0 bridgehead atoms. The zero-order chi connectivity index (χ0) is 13.9. The molecule has 0 saturated heterocycles. The van der Waals surface area contributed by atoms with Crippen LogP contribution in [-0.4, -0.2) is 28.2 Å². The number of nitrogens with one attached hydrogen (secondary N) is 2. The van der Waals surface area contributed by atoms with Gasteiger partial charge in [0.15, 0.2) is 0 Å². The molecule has 20 heavy (non-hydrogen) atoms. The third-order valence-electron chi connectivity index (χ3n) is 2.91. The number of rotatable bonds is 3. The summed E-state index contributed by atoms with van der Waals surface area (Å²) in [6.07, 6.45) is 3.21. The van der Waals surface area contributed by atoms with Crippen molar-refractivity contribution in [3.8, 4) is 5.88 Å². The number of methoxy groups -OCH3 is 1. The topological polar surface area (TPSA) is 79.9 Å². The highest BCUT2D eigenvalue weighted by Gasteiger charge is 2.07. The maximum atomic E-state index is 12.1. The molecule has 2 N–H and O–H groups in total. The molecule has 6 nitrogen and oxygen atoms in total. The first-order valence-electron chi connectivity index (χ1n) is 6.01. The molecule has 0 radical (unpaired) electrons. The van der Waals surface area contributed by atoms with Gasteiger partial charge < -0.3 is 10.1 Å². The standard InChI is InChI=1S/C14H12N4O2/c1-20-13-5-3-10(7-15-13)14(19)17-11-4-2-9-8-16-18-12(9)6-11/h2-8H,1H3,(H,16,18)(H,17,19). The van der Waals surface area contributed by atoms with E-state index in [9.17, 15) is 4.79 Å². The van der Waals surface area contributed by atoms with Gasteiger partial charge in [-0.05, 0) is 24.3 Å². The minimum Gasteiger partial charge on any atom is -0.481 e. The Kier molecular flexibility index (Phi) is 3.04. The van der Waals surface area contributed by atoms with E-state index in [0.717, 1.165) is 10.9 Å². The molecule has 0 spiro atoms. The van der Waals surface area contributed by atoms with Crippen molar-refractivity contribution in [2.24, 2.45) is 0 Å². The quantitative estimate of drug-likeness (QED) is 0.763. The summed E-state index contributed by atoms with van der Waals surface area (Å²) in [6, 6.07) is 8.85.